The van der Waals surface area contributed by atoms with E-state index in [1.165, 1.54) is 18.2 Å². The molecule has 0 unspecified atom stereocenters. The molecule has 0 bridgehead atoms. The molecule has 3 aromatic rings. The van der Waals surface area contributed by atoms with Crippen molar-refractivity contribution in [1.29, 1.82) is 0 Å². The van der Waals surface area contributed by atoms with Crippen molar-refractivity contribution in [1.82, 2.24) is 10.6 Å². The fraction of sp³-hybridized carbons (Fsp3) is 0.429. The Bertz CT molecular complexity index is 1780. The van der Waals surface area contributed by atoms with Crippen molar-refractivity contribution >= 4 is 35.9 Å². The fourth-order valence-corrected chi connectivity index (χ4v) is 5.37. The van der Waals surface area contributed by atoms with Crippen LogP contribution < -0.4 is 29.6 Å². The van der Waals surface area contributed by atoms with Crippen LogP contribution >= 0.6 is 0 Å². The van der Waals surface area contributed by atoms with Gasteiger partial charge in [-0.15, -0.1) is 0 Å². The quantitative estimate of drug-likeness (QED) is 0.0408. The largest absolute Gasteiger partial charge is 0.494 e. The van der Waals surface area contributed by atoms with Crippen LogP contribution in [-0.2, 0) is 19.1 Å². The summed E-state index contributed by atoms with van der Waals surface area (Å²) in [4.78, 5) is 74.2. The molecule has 1 aliphatic heterocycles. The zero-order valence-corrected chi connectivity index (χ0v) is 31.9. The lowest BCUT2D eigenvalue weighted by Gasteiger charge is -2.13. The third kappa shape index (κ3) is 14.4. The maximum Gasteiger partial charge on any atom is 0.415 e. The Morgan fingerprint density at radius 1 is 0.661 bits per heavy atom. The first-order chi connectivity index (χ1) is 27.2. The molecule has 0 spiro atoms. The molecule has 14 nitrogen and oxygen atoms in total. The Labute approximate surface area is 326 Å². The van der Waals surface area contributed by atoms with Crippen molar-refractivity contribution < 1.29 is 57.2 Å². The molecule has 1 atom stereocenters. The summed E-state index contributed by atoms with van der Waals surface area (Å²) in [5, 5.41) is 5.26. The van der Waals surface area contributed by atoms with Crippen LogP contribution in [0.15, 0.2) is 66.7 Å². The summed E-state index contributed by atoms with van der Waals surface area (Å²) in [6, 6.07) is 16.4. The number of nitrogens with one attached hydrogen (secondary N) is 2. The van der Waals surface area contributed by atoms with Crippen LogP contribution in [0, 0.1) is 0 Å². The van der Waals surface area contributed by atoms with Crippen LogP contribution in [0.3, 0.4) is 0 Å². The number of hydrogen-bond acceptors (Lipinski definition) is 12. The van der Waals surface area contributed by atoms with E-state index >= 15 is 0 Å². The lowest BCUT2D eigenvalue weighted by molar-refractivity contribution is -0.135. The summed E-state index contributed by atoms with van der Waals surface area (Å²) < 4.78 is 32.5. The van der Waals surface area contributed by atoms with Crippen molar-refractivity contribution in [2.75, 3.05) is 26.4 Å². The molecule has 0 saturated carbocycles. The molecule has 0 aromatic heterocycles. The van der Waals surface area contributed by atoms with Crippen molar-refractivity contribution in [3.8, 4) is 23.0 Å². The number of carbonyl (C=O) groups excluding carboxylic acids is 6. The Balaban J connectivity index is 1.29. The maximum absolute atomic E-state index is 13.3. The zero-order chi connectivity index (χ0) is 40.1. The average molecular weight is 775 g/mol. The summed E-state index contributed by atoms with van der Waals surface area (Å²) in [6.45, 7) is 5.73. The second kappa shape index (κ2) is 23.1. The van der Waals surface area contributed by atoms with E-state index in [0.29, 0.717) is 69.8 Å². The third-order valence-corrected chi connectivity index (χ3v) is 8.59. The van der Waals surface area contributed by atoms with E-state index in [0.717, 1.165) is 25.7 Å². The summed E-state index contributed by atoms with van der Waals surface area (Å²) >= 11 is 0. The van der Waals surface area contributed by atoms with Crippen LogP contribution in [0.4, 0.5) is 4.79 Å². The summed E-state index contributed by atoms with van der Waals surface area (Å²) in [6.07, 6.45) is 6.68. The van der Waals surface area contributed by atoms with Crippen molar-refractivity contribution in [2.24, 2.45) is 0 Å². The van der Waals surface area contributed by atoms with Crippen LogP contribution in [-0.4, -0.2) is 68.3 Å². The second-order valence-corrected chi connectivity index (χ2v) is 13.1. The normalized spacial score (nSPS) is 13.3. The predicted octanol–water partition coefficient (Wildman–Crippen LogP) is 7.12. The van der Waals surface area contributed by atoms with Gasteiger partial charge in [-0.25, -0.2) is 24.0 Å². The molecular weight excluding hydrogens is 724 g/mol. The van der Waals surface area contributed by atoms with Crippen molar-refractivity contribution in [3.05, 3.63) is 83.4 Å². The second-order valence-electron chi connectivity index (χ2n) is 13.1. The Kier molecular flexibility index (Phi) is 17.7. The van der Waals surface area contributed by atoms with Crippen LogP contribution in [0.2, 0.25) is 0 Å². The fourth-order valence-electron chi connectivity index (χ4n) is 5.37. The Hall–Kier alpha value is -5.92. The number of rotatable bonds is 24. The molecule has 4 rings (SSSR count). The minimum Gasteiger partial charge on any atom is -0.494 e. The van der Waals surface area contributed by atoms with Gasteiger partial charge in [0.1, 0.15) is 34.6 Å². The highest BCUT2D eigenvalue weighted by molar-refractivity contribution is 5.97. The van der Waals surface area contributed by atoms with Gasteiger partial charge in [-0.3, -0.25) is 4.79 Å². The van der Waals surface area contributed by atoms with Gasteiger partial charge in [-0.1, -0.05) is 26.7 Å². The molecule has 0 aliphatic carbocycles. The van der Waals surface area contributed by atoms with E-state index in [4.69, 9.17) is 23.7 Å². The van der Waals surface area contributed by atoms with E-state index in [2.05, 4.69) is 29.2 Å². The first-order valence-corrected chi connectivity index (χ1v) is 19.2. The maximum atomic E-state index is 13.3. The van der Waals surface area contributed by atoms with Gasteiger partial charge < -0.3 is 39.1 Å². The van der Waals surface area contributed by atoms with Crippen molar-refractivity contribution in [2.45, 2.75) is 90.5 Å². The monoisotopic (exact) mass is 774 g/mol. The highest BCUT2D eigenvalue weighted by Gasteiger charge is 2.31. The van der Waals surface area contributed by atoms with Gasteiger partial charge >= 0.3 is 30.0 Å². The lowest BCUT2D eigenvalue weighted by Crippen LogP contribution is -2.29. The number of alkyl carbamates (subject to hydrolysis) is 1. The van der Waals surface area contributed by atoms with Gasteiger partial charge in [0, 0.05) is 13.0 Å². The number of esters is 4. The van der Waals surface area contributed by atoms with E-state index in [-0.39, 0.29) is 47.1 Å². The van der Waals surface area contributed by atoms with Crippen LogP contribution in [0.25, 0.3) is 0 Å². The zero-order valence-electron chi connectivity index (χ0n) is 31.9. The van der Waals surface area contributed by atoms with Gasteiger partial charge in [0.25, 0.3) is 0 Å². The highest BCUT2D eigenvalue weighted by atomic mass is 16.6. The molecule has 1 fully saturated rings. The molecule has 1 saturated heterocycles. The molecule has 0 radical (unpaired) electrons. The summed E-state index contributed by atoms with van der Waals surface area (Å²) in [5.74, 6) is -1.67. The number of ether oxygens (including phenoxy) is 6. The SMILES string of the molecule is CCCCOc1ccc(C(=O)Oc2ccc(OC(=O)c3ccc(OCCCC)cc3)c(C(=O)OCCCCCC(=O)NCCCC[C@@H]3NC(=O)OC3=O)c2)cc1. The molecule has 2 amide bonds. The number of carbonyl (C=O) groups is 6. The molecule has 3 aromatic carbocycles. The average Bonchev–Trinajstić information content (AvgIpc) is 3.52. The Morgan fingerprint density at radius 3 is 1.86 bits per heavy atom. The van der Waals surface area contributed by atoms with E-state index < -0.39 is 36.0 Å². The van der Waals surface area contributed by atoms with E-state index in [9.17, 15) is 28.8 Å². The molecule has 300 valence electrons. The molecule has 14 heteroatoms. The summed E-state index contributed by atoms with van der Waals surface area (Å²) in [7, 11) is 0. The molecule has 2 N–H and O–H groups in total. The van der Waals surface area contributed by atoms with Crippen LogP contribution in [0.5, 0.6) is 23.0 Å². The van der Waals surface area contributed by atoms with Gasteiger partial charge in [0.15, 0.2) is 0 Å². The number of benzene rings is 3. The number of cyclic esters (lactones) is 2. The first kappa shape index (κ1) is 42.8. The van der Waals surface area contributed by atoms with Gasteiger partial charge in [-0.05, 0) is 118 Å². The molecule has 56 heavy (non-hydrogen) atoms. The first-order valence-electron chi connectivity index (χ1n) is 19.2. The minimum absolute atomic E-state index is 0.0319. The standard InChI is InChI=1S/C42H50N2O12/c1-3-5-25-51-31-18-14-29(15-19-31)38(46)54-33-22-23-36(55-39(47)30-16-20-32(21-17-30)52-26-6-4-2)34(28-33)40(48)53-27-11-7-8-13-37(45)43-24-10-9-12-35-41(49)56-42(50)44-35/h14-23,28,35H,3-13,24-27H2,1-2H3,(H,43,45)(H,44,50)/t35-/m0/s1. The Morgan fingerprint density at radius 2 is 1.27 bits per heavy atom. The number of hydrogen-bond donors (Lipinski definition) is 2. The highest BCUT2D eigenvalue weighted by Crippen LogP contribution is 2.28. The summed E-state index contributed by atoms with van der Waals surface area (Å²) in [5.41, 5.74) is 0.390. The minimum atomic E-state index is -0.790. The predicted molar refractivity (Wildman–Crippen MR) is 204 cm³/mol. The number of amides is 2. The van der Waals surface area contributed by atoms with Crippen molar-refractivity contribution in [3.63, 3.8) is 0 Å². The molecule has 1 aliphatic rings. The van der Waals surface area contributed by atoms with E-state index in [1.807, 2.05) is 0 Å². The number of unbranched alkanes of at least 4 members (excludes halogenated alkanes) is 5. The van der Waals surface area contributed by atoms with Crippen LogP contribution in [0.1, 0.15) is 116 Å². The smallest absolute Gasteiger partial charge is 0.415 e. The lowest BCUT2D eigenvalue weighted by atomic mass is 10.1. The topological polar surface area (TPSA) is 182 Å². The third-order valence-electron chi connectivity index (χ3n) is 8.59. The van der Waals surface area contributed by atoms with Gasteiger partial charge in [0.05, 0.1) is 30.9 Å². The van der Waals surface area contributed by atoms with Gasteiger partial charge in [-0.2, -0.15) is 0 Å². The van der Waals surface area contributed by atoms with E-state index in [1.54, 1.807) is 48.5 Å². The van der Waals surface area contributed by atoms with Gasteiger partial charge in [0.2, 0.25) is 5.91 Å². The molecule has 1 heterocycles. The molecular formula is C42H50N2O12.